The minimum Gasteiger partial charge on any atom is -0.385 e. The summed E-state index contributed by atoms with van der Waals surface area (Å²) in [5.74, 6) is -0.254. The van der Waals surface area contributed by atoms with Gasteiger partial charge in [-0.15, -0.1) is 11.3 Å². The Morgan fingerprint density at radius 2 is 1.75 bits per heavy atom. The number of nitrogens with zero attached hydrogens (tertiary/aromatic N) is 1. The van der Waals surface area contributed by atoms with Crippen LogP contribution in [0.4, 0.5) is 14.9 Å². The first-order valence-electron chi connectivity index (χ1n) is 9.07. The van der Waals surface area contributed by atoms with E-state index in [1.54, 1.807) is 26.0 Å². The predicted molar refractivity (Wildman–Crippen MR) is 115 cm³/mol. The number of nitrogens with one attached hydrogen (secondary N) is 1. The molecule has 0 radical (unpaired) electrons. The number of halogens is 1. The summed E-state index contributed by atoms with van der Waals surface area (Å²) in [6, 6.07) is 5.88. The number of carbonyl (C=O) groups excluding carboxylic acids is 1. The van der Waals surface area contributed by atoms with Gasteiger partial charge in [0.05, 0.1) is 9.81 Å². The second-order valence-corrected chi connectivity index (χ2v) is 10.4. The van der Waals surface area contributed by atoms with Gasteiger partial charge in [0.25, 0.3) is 0 Å². The van der Waals surface area contributed by atoms with Gasteiger partial charge in [-0.25, -0.2) is 9.18 Å². The SMILES string of the molecule is CC(C)c1cc(F)cc(C(C)C)c1NC(=O)/N=S(\N)c1ccc(C(C)(C)O)s1. The molecule has 0 saturated carbocycles. The average molecular weight is 426 g/mol. The van der Waals surface area contributed by atoms with Crippen molar-refractivity contribution in [3.8, 4) is 0 Å². The van der Waals surface area contributed by atoms with Gasteiger partial charge in [0.2, 0.25) is 0 Å². The summed E-state index contributed by atoms with van der Waals surface area (Å²) in [5, 5.41) is 19.0. The van der Waals surface area contributed by atoms with Crippen LogP contribution >= 0.6 is 11.3 Å². The lowest BCUT2D eigenvalue weighted by molar-refractivity contribution is 0.0825. The van der Waals surface area contributed by atoms with Crippen LogP contribution in [0.3, 0.4) is 0 Å². The maximum Gasteiger partial charge on any atom is 0.352 e. The summed E-state index contributed by atoms with van der Waals surface area (Å²) < 4.78 is 18.8. The van der Waals surface area contributed by atoms with Gasteiger partial charge < -0.3 is 10.4 Å². The van der Waals surface area contributed by atoms with E-state index in [4.69, 9.17) is 5.14 Å². The smallest absolute Gasteiger partial charge is 0.352 e. The quantitative estimate of drug-likeness (QED) is 0.580. The molecule has 1 aromatic carbocycles. The molecule has 2 rings (SSSR count). The molecule has 154 valence electrons. The minimum atomic E-state index is -1.14. The number of carbonyl (C=O) groups is 1. The molecule has 0 aliphatic heterocycles. The third-order valence-corrected chi connectivity index (χ3v) is 7.08. The Morgan fingerprint density at radius 1 is 1.21 bits per heavy atom. The van der Waals surface area contributed by atoms with Gasteiger partial charge in [-0.1, -0.05) is 27.7 Å². The van der Waals surface area contributed by atoms with E-state index in [1.807, 2.05) is 27.7 Å². The molecule has 0 aliphatic carbocycles. The van der Waals surface area contributed by atoms with Crippen molar-refractivity contribution in [2.24, 2.45) is 9.50 Å². The van der Waals surface area contributed by atoms with E-state index in [2.05, 4.69) is 9.68 Å². The number of nitrogens with two attached hydrogens (primary N) is 1. The van der Waals surface area contributed by atoms with Crippen molar-refractivity contribution in [1.29, 1.82) is 0 Å². The normalized spacial score (nSPS) is 13.4. The van der Waals surface area contributed by atoms with E-state index in [1.165, 1.54) is 23.5 Å². The third kappa shape index (κ3) is 5.47. The Balaban J connectivity index is 2.34. The van der Waals surface area contributed by atoms with Crippen LogP contribution in [0.25, 0.3) is 0 Å². The van der Waals surface area contributed by atoms with Crippen molar-refractivity contribution in [1.82, 2.24) is 0 Å². The third-order valence-electron chi connectivity index (χ3n) is 4.21. The van der Waals surface area contributed by atoms with Crippen molar-refractivity contribution >= 4 is 33.9 Å². The molecule has 1 unspecified atom stereocenters. The van der Waals surface area contributed by atoms with Crippen LogP contribution in [0.15, 0.2) is 32.8 Å². The molecular weight excluding hydrogens is 397 g/mol. The summed E-state index contributed by atoms with van der Waals surface area (Å²) in [7, 11) is -1.14. The average Bonchev–Trinajstić information content (AvgIpc) is 3.06. The lowest BCUT2D eigenvalue weighted by Crippen LogP contribution is -2.15. The molecule has 1 heterocycles. The highest BCUT2D eigenvalue weighted by atomic mass is 32.2. The summed E-state index contributed by atoms with van der Waals surface area (Å²) in [4.78, 5) is 13.3. The summed E-state index contributed by atoms with van der Waals surface area (Å²) >= 11 is 1.33. The first-order valence-corrected chi connectivity index (χ1v) is 11.1. The highest BCUT2D eigenvalue weighted by Gasteiger charge is 2.20. The van der Waals surface area contributed by atoms with Crippen LogP contribution < -0.4 is 10.5 Å². The zero-order valence-electron chi connectivity index (χ0n) is 17.0. The number of aliphatic hydroxyl groups is 1. The summed E-state index contributed by atoms with van der Waals surface area (Å²) in [6.45, 7) is 11.2. The molecule has 2 aromatic rings. The number of thiophene rings is 1. The molecule has 0 saturated heterocycles. The maximum atomic E-state index is 14.0. The molecule has 0 bridgehead atoms. The van der Waals surface area contributed by atoms with Crippen LogP contribution in [0.2, 0.25) is 0 Å². The van der Waals surface area contributed by atoms with E-state index in [9.17, 15) is 14.3 Å². The second-order valence-electron chi connectivity index (χ2n) is 7.78. The topological polar surface area (TPSA) is 87.7 Å². The van der Waals surface area contributed by atoms with Gasteiger partial charge in [0.15, 0.2) is 0 Å². The van der Waals surface area contributed by atoms with E-state index in [0.29, 0.717) is 9.90 Å². The van der Waals surface area contributed by atoms with E-state index < -0.39 is 22.5 Å². The Labute approximate surface area is 172 Å². The largest absolute Gasteiger partial charge is 0.385 e. The van der Waals surface area contributed by atoms with E-state index in [0.717, 1.165) is 16.0 Å². The van der Waals surface area contributed by atoms with Gasteiger partial charge in [0.1, 0.15) is 5.82 Å². The number of amides is 2. The fraction of sp³-hybridized carbons (Fsp3) is 0.450. The number of urea groups is 1. The molecule has 0 fully saturated rings. The number of hydrogen-bond donors (Lipinski definition) is 3. The van der Waals surface area contributed by atoms with Crippen molar-refractivity contribution in [2.75, 3.05) is 5.32 Å². The molecule has 28 heavy (non-hydrogen) atoms. The first-order chi connectivity index (χ1) is 12.9. The van der Waals surface area contributed by atoms with Crippen LogP contribution in [-0.4, -0.2) is 11.1 Å². The first kappa shape index (κ1) is 22.7. The van der Waals surface area contributed by atoms with Gasteiger partial charge in [0, 0.05) is 21.4 Å². The summed E-state index contributed by atoms with van der Waals surface area (Å²) in [6.07, 6.45) is 0. The van der Waals surface area contributed by atoms with Crippen LogP contribution in [0.5, 0.6) is 0 Å². The highest BCUT2D eigenvalue weighted by Crippen LogP contribution is 2.34. The van der Waals surface area contributed by atoms with Crippen molar-refractivity contribution in [2.45, 2.75) is 63.2 Å². The molecule has 1 aromatic heterocycles. The standard InChI is InChI=1S/C20H28FN3O2S2/c1-11(2)14-9-13(21)10-15(12(3)4)18(14)23-19(25)24-28(22)17-8-7-16(27-17)20(5,6)26/h7-12,26H,1-6H3,(H3,22,23,24,25). The van der Waals surface area contributed by atoms with Gasteiger partial charge in [-0.05, 0) is 61.1 Å². The lowest BCUT2D eigenvalue weighted by atomic mass is 9.92. The van der Waals surface area contributed by atoms with Gasteiger partial charge in [-0.2, -0.15) is 4.36 Å². The van der Waals surface area contributed by atoms with Gasteiger partial charge in [-0.3, -0.25) is 5.14 Å². The Hall–Kier alpha value is -1.61. The minimum absolute atomic E-state index is 0.0336. The van der Waals surface area contributed by atoms with E-state index in [-0.39, 0.29) is 17.7 Å². The fourth-order valence-electron chi connectivity index (χ4n) is 2.73. The number of benzene rings is 1. The van der Waals surface area contributed by atoms with Crippen LogP contribution in [0, 0.1) is 5.82 Å². The molecule has 4 N–H and O–H groups in total. The number of anilines is 1. The molecule has 2 amide bonds. The van der Waals surface area contributed by atoms with Crippen molar-refractivity contribution < 1.29 is 14.3 Å². The lowest BCUT2D eigenvalue weighted by Gasteiger charge is -2.19. The van der Waals surface area contributed by atoms with Crippen LogP contribution in [-0.2, 0) is 16.5 Å². The molecule has 1 atom stereocenters. The monoisotopic (exact) mass is 425 g/mol. The molecule has 0 spiro atoms. The van der Waals surface area contributed by atoms with Crippen LogP contribution in [0.1, 0.15) is 69.4 Å². The second kappa shape index (κ2) is 8.82. The highest BCUT2D eigenvalue weighted by molar-refractivity contribution is 7.87. The molecule has 5 nitrogen and oxygen atoms in total. The molecular formula is C20H28FN3O2S2. The Kier molecular flexibility index (Phi) is 7.14. The summed E-state index contributed by atoms with van der Waals surface area (Å²) in [5.41, 5.74) is 1.08. The fourth-order valence-corrected chi connectivity index (χ4v) is 4.71. The predicted octanol–water partition coefficient (Wildman–Crippen LogP) is 5.63. The number of rotatable bonds is 5. The zero-order valence-corrected chi connectivity index (χ0v) is 18.7. The molecule has 0 aliphatic rings. The van der Waals surface area contributed by atoms with Crippen molar-refractivity contribution in [3.63, 3.8) is 0 Å². The number of hydrogen-bond acceptors (Lipinski definition) is 3. The molecule has 8 heteroatoms. The maximum absolute atomic E-state index is 14.0. The van der Waals surface area contributed by atoms with Crippen molar-refractivity contribution in [3.05, 3.63) is 46.1 Å². The van der Waals surface area contributed by atoms with Gasteiger partial charge >= 0.3 is 6.03 Å². The zero-order chi connectivity index (χ0) is 21.2. The Morgan fingerprint density at radius 3 is 2.18 bits per heavy atom. The Bertz CT molecular complexity index is 870. The van der Waals surface area contributed by atoms with E-state index >= 15 is 0 Å².